The lowest BCUT2D eigenvalue weighted by Gasteiger charge is -2.28. The number of rotatable bonds is 4. The van der Waals surface area contributed by atoms with E-state index in [1.54, 1.807) is 4.68 Å². The van der Waals surface area contributed by atoms with E-state index in [0.717, 1.165) is 73.4 Å². The molecule has 0 radical (unpaired) electrons. The first kappa shape index (κ1) is 20.2. The van der Waals surface area contributed by atoms with E-state index in [2.05, 4.69) is 38.2 Å². The van der Waals surface area contributed by atoms with Crippen molar-refractivity contribution in [3.63, 3.8) is 0 Å². The SMILES string of the molecule is Cn1cc(-c2ccc3[nH]c(=O)c(-c4cc5c([nH]4)CCC(CN4CCOCC4)=C5)cc3c2)cn1. The number of nitrogens with zero attached hydrogens (tertiary/aromatic N) is 3. The summed E-state index contributed by atoms with van der Waals surface area (Å²) in [7, 11) is 1.91. The first-order chi connectivity index (χ1) is 16.1. The van der Waals surface area contributed by atoms with E-state index in [1.807, 2.05) is 37.6 Å². The first-order valence-corrected chi connectivity index (χ1v) is 11.5. The zero-order valence-corrected chi connectivity index (χ0v) is 18.7. The Kier molecular flexibility index (Phi) is 5.00. The van der Waals surface area contributed by atoms with Crippen LogP contribution in [0.2, 0.25) is 0 Å². The number of aromatic amines is 2. The summed E-state index contributed by atoms with van der Waals surface area (Å²) in [6, 6.07) is 10.2. The molecule has 7 heteroatoms. The quantitative estimate of drug-likeness (QED) is 0.507. The Morgan fingerprint density at radius 1 is 1.06 bits per heavy atom. The molecule has 2 aliphatic rings. The molecular formula is C26H27N5O2. The van der Waals surface area contributed by atoms with Gasteiger partial charge in [-0.25, -0.2) is 0 Å². The highest BCUT2D eigenvalue weighted by atomic mass is 16.5. The molecule has 3 aromatic heterocycles. The Balaban J connectivity index is 1.33. The molecule has 168 valence electrons. The van der Waals surface area contributed by atoms with Gasteiger partial charge in [0, 0.05) is 49.7 Å². The Morgan fingerprint density at radius 3 is 2.76 bits per heavy atom. The summed E-state index contributed by atoms with van der Waals surface area (Å²) >= 11 is 0. The molecule has 1 aliphatic carbocycles. The number of aryl methyl sites for hydroxylation is 2. The van der Waals surface area contributed by atoms with Gasteiger partial charge < -0.3 is 14.7 Å². The summed E-state index contributed by atoms with van der Waals surface area (Å²) in [5, 5.41) is 5.27. The minimum atomic E-state index is -0.0762. The smallest absolute Gasteiger partial charge is 0.257 e. The van der Waals surface area contributed by atoms with E-state index in [9.17, 15) is 4.79 Å². The fraction of sp³-hybridized carbons (Fsp3) is 0.308. The molecule has 2 N–H and O–H groups in total. The van der Waals surface area contributed by atoms with E-state index < -0.39 is 0 Å². The van der Waals surface area contributed by atoms with Crippen LogP contribution in [0.1, 0.15) is 17.7 Å². The average molecular weight is 442 g/mol. The highest BCUT2D eigenvalue weighted by Gasteiger charge is 2.19. The number of aromatic nitrogens is 4. The molecule has 0 bridgehead atoms. The van der Waals surface area contributed by atoms with Crippen molar-refractivity contribution in [3.8, 4) is 22.4 Å². The number of nitrogens with one attached hydrogen (secondary N) is 2. The molecule has 1 aromatic carbocycles. The molecule has 1 saturated heterocycles. The van der Waals surface area contributed by atoms with Crippen LogP contribution in [0.4, 0.5) is 0 Å². The van der Waals surface area contributed by atoms with Gasteiger partial charge in [-0.2, -0.15) is 5.10 Å². The lowest BCUT2D eigenvalue weighted by atomic mass is 9.97. The zero-order valence-electron chi connectivity index (χ0n) is 18.7. The van der Waals surface area contributed by atoms with E-state index in [4.69, 9.17) is 4.74 Å². The largest absolute Gasteiger partial charge is 0.379 e. The fourth-order valence-corrected chi connectivity index (χ4v) is 4.90. The summed E-state index contributed by atoms with van der Waals surface area (Å²) in [5.74, 6) is 0. The van der Waals surface area contributed by atoms with Crippen LogP contribution in [0.3, 0.4) is 0 Å². The maximum Gasteiger partial charge on any atom is 0.257 e. The standard InChI is InChI=1S/C26H27N5O2/c1-30-16-21(14-27-30)18-3-5-24-20(11-18)12-22(26(32)29-24)25-13-19-10-17(2-4-23(19)28-25)15-31-6-8-33-9-7-31/h3,5,10-14,16,28H,2,4,6-9,15H2,1H3,(H,29,32). The summed E-state index contributed by atoms with van der Waals surface area (Å²) in [6.45, 7) is 4.63. The number of pyridine rings is 1. The number of fused-ring (bicyclic) bond motifs is 2. The van der Waals surface area contributed by atoms with Gasteiger partial charge in [0.1, 0.15) is 0 Å². The Bertz CT molecular complexity index is 1420. The predicted molar refractivity (Wildman–Crippen MR) is 130 cm³/mol. The Morgan fingerprint density at radius 2 is 1.94 bits per heavy atom. The molecule has 0 atom stereocenters. The van der Waals surface area contributed by atoms with Gasteiger partial charge >= 0.3 is 0 Å². The highest BCUT2D eigenvalue weighted by Crippen LogP contribution is 2.30. The number of hydrogen-bond donors (Lipinski definition) is 2. The van der Waals surface area contributed by atoms with Crippen molar-refractivity contribution >= 4 is 17.0 Å². The second-order valence-corrected chi connectivity index (χ2v) is 9.02. The summed E-state index contributed by atoms with van der Waals surface area (Å²) in [5.41, 5.74) is 8.29. The zero-order chi connectivity index (χ0) is 22.4. The highest BCUT2D eigenvalue weighted by molar-refractivity contribution is 5.87. The minimum Gasteiger partial charge on any atom is -0.379 e. The van der Waals surface area contributed by atoms with Crippen molar-refractivity contribution < 1.29 is 4.74 Å². The minimum absolute atomic E-state index is 0.0762. The molecule has 1 aliphatic heterocycles. The summed E-state index contributed by atoms with van der Waals surface area (Å²) < 4.78 is 7.26. The second-order valence-electron chi connectivity index (χ2n) is 9.02. The number of ether oxygens (including phenoxy) is 1. The van der Waals surface area contributed by atoms with Crippen molar-refractivity contribution in [1.82, 2.24) is 24.6 Å². The Labute approximate surface area is 191 Å². The van der Waals surface area contributed by atoms with E-state index >= 15 is 0 Å². The molecule has 0 unspecified atom stereocenters. The van der Waals surface area contributed by atoms with Crippen LogP contribution in [0, 0.1) is 0 Å². The molecule has 7 nitrogen and oxygen atoms in total. The van der Waals surface area contributed by atoms with Gasteiger partial charge in [0.2, 0.25) is 0 Å². The van der Waals surface area contributed by atoms with Crippen molar-refractivity contribution in [2.45, 2.75) is 12.8 Å². The van der Waals surface area contributed by atoms with Crippen molar-refractivity contribution in [2.75, 3.05) is 32.8 Å². The van der Waals surface area contributed by atoms with Crippen LogP contribution >= 0.6 is 0 Å². The van der Waals surface area contributed by atoms with Gasteiger partial charge in [-0.1, -0.05) is 17.7 Å². The molecule has 4 heterocycles. The lowest BCUT2D eigenvalue weighted by molar-refractivity contribution is 0.0420. The molecular weight excluding hydrogens is 414 g/mol. The fourth-order valence-electron chi connectivity index (χ4n) is 4.90. The normalized spacial score (nSPS) is 16.7. The van der Waals surface area contributed by atoms with Crippen LogP contribution in [-0.2, 0) is 18.2 Å². The molecule has 0 saturated carbocycles. The van der Waals surface area contributed by atoms with Gasteiger partial charge in [-0.15, -0.1) is 0 Å². The third-order valence-corrected chi connectivity index (χ3v) is 6.69. The van der Waals surface area contributed by atoms with E-state index in [0.29, 0.717) is 5.56 Å². The molecule has 0 spiro atoms. The summed E-state index contributed by atoms with van der Waals surface area (Å²) in [6.07, 6.45) is 8.17. The van der Waals surface area contributed by atoms with Gasteiger partial charge in [0.25, 0.3) is 5.56 Å². The third kappa shape index (κ3) is 3.94. The Hall–Kier alpha value is -3.42. The van der Waals surface area contributed by atoms with Crippen LogP contribution in [0.15, 0.2) is 53.1 Å². The maximum atomic E-state index is 12.9. The molecule has 1 fully saturated rings. The topological polar surface area (TPSA) is 78.9 Å². The van der Waals surface area contributed by atoms with Crippen LogP contribution in [0.5, 0.6) is 0 Å². The van der Waals surface area contributed by atoms with Crippen molar-refractivity contribution in [1.29, 1.82) is 0 Å². The molecule has 6 rings (SSSR count). The third-order valence-electron chi connectivity index (χ3n) is 6.69. The number of morpholine rings is 1. The lowest BCUT2D eigenvalue weighted by Crippen LogP contribution is -2.37. The second kappa shape index (κ2) is 8.17. The average Bonchev–Trinajstić information content (AvgIpc) is 3.45. The summed E-state index contributed by atoms with van der Waals surface area (Å²) in [4.78, 5) is 21.9. The maximum absolute atomic E-state index is 12.9. The van der Waals surface area contributed by atoms with Crippen LogP contribution in [0.25, 0.3) is 39.4 Å². The first-order valence-electron chi connectivity index (χ1n) is 11.5. The number of hydrogen-bond acceptors (Lipinski definition) is 4. The molecule has 0 amide bonds. The predicted octanol–water partition coefficient (Wildman–Crippen LogP) is 3.59. The number of H-pyrrole nitrogens is 2. The van der Waals surface area contributed by atoms with Crippen LogP contribution < -0.4 is 5.56 Å². The van der Waals surface area contributed by atoms with Crippen LogP contribution in [-0.4, -0.2) is 57.5 Å². The van der Waals surface area contributed by atoms with Crippen molar-refractivity contribution in [3.05, 3.63) is 69.9 Å². The monoisotopic (exact) mass is 441 g/mol. The van der Waals surface area contributed by atoms with Gasteiger partial charge in [-0.3, -0.25) is 14.4 Å². The van der Waals surface area contributed by atoms with Gasteiger partial charge in [0.05, 0.1) is 30.7 Å². The van der Waals surface area contributed by atoms with Crippen molar-refractivity contribution in [2.24, 2.45) is 7.05 Å². The van der Waals surface area contributed by atoms with Gasteiger partial charge in [0.15, 0.2) is 0 Å². The molecule has 33 heavy (non-hydrogen) atoms. The van der Waals surface area contributed by atoms with Gasteiger partial charge in [-0.05, 0) is 53.6 Å². The van der Waals surface area contributed by atoms with E-state index in [-0.39, 0.29) is 5.56 Å². The van der Waals surface area contributed by atoms with E-state index in [1.165, 1.54) is 16.8 Å². The number of benzene rings is 1. The molecule has 4 aromatic rings.